The van der Waals surface area contributed by atoms with Gasteiger partial charge in [-0.25, -0.2) is 8.42 Å². The van der Waals surface area contributed by atoms with Crippen LogP contribution in [0.3, 0.4) is 0 Å². The second-order valence-corrected chi connectivity index (χ2v) is 10.3. The van der Waals surface area contributed by atoms with Crippen LogP contribution in [0.2, 0.25) is 5.15 Å². The van der Waals surface area contributed by atoms with E-state index in [4.69, 9.17) is 20.8 Å². The third kappa shape index (κ3) is 6.87. The first-order chi connectivity index (χ1) is 17.7. The number of nitrogens with zero attached hydrogens (tertiary/aromatic N) is 2. The van der Waals surface area contributed by atoms with Crippen molar-refractivity contribution in [3.63, 3.8) is 0 Å². The molecule has 0 aliphatic rings. The molecule has 1 amide bonds. The lowest BCUT2D eigenvalue weighted by Crippen LogP contribution is -2.15. The molecule has 9 nitrogen and oxygen atoms in total. The quantitative estimate of drug-likeness (QED) is 0.258. The van der Waals surface area contributed by atoms with Gasteiger partial charge in [-0.3, -0.25) is 9.52 Å². The van der Waals surface area contributed by atoms with E-state index in [1.807, 2.05) is 24.3 Å². The number of amides is 1. The minimum atomic E-state index is -3.90. The van der Waals surface area contributed by atoms with Crippen molar-refractivity contribution in [2.24, 2.45) is 0 Å². The fourth-order valence-corrected chi connectivity index (χ4v) is 4.43. The Bertz CT molecular complexity index is 1450. The van der Waals surface area contributed by atoms with Crippen LogP contribution >= 0.6 is 11.6 Å². The molecule has 0 saturated heterocycles. The third-order valence-electron chi connectivity index (χ3n) is 5.62. The summed E-state index contributed by atoms with van der Waals surface area (Å²) in [6.07, 6.45) is 1.07. The fourth-order valence-electron chi connectivity index (χ4n) is 3.34. The van der Waals surface area contributed by atoms with Gasteiger partial charge >= 0.3 is 0 Å². The normalized spacial score (nSPS) is 12.1. The first-order valence-electron chi connectivity index (χ1n) is 11.5. The number of sulfonamides is 1. The van der Waals surface area contributed by atoms with E-state index >= 15 is 0 Å². The maximum Gasteiger partial charge on any atom is 0.291 e. The lowest BCUT2D eigenvalue weighted by molar-refractivity contribution is 0.0992. The molecule has 1 unspecified atom stereocenters. The van der Waals surface area contributed by atoms with Crippen LogP contribution in [0.4, 0.5) is 11.5 Å². The van der Waals surface area contributed by atoms with Crippen LogP contribution in [0.5, 0.6) is 5.75 Å². The topological polar surface area (TPSA) is 123 Å². The van der Waals surface area contributed by atoms with E-state index in [-0.39, 0.29) is 28.2 Å². The van der Waals surface area contributed by atoms with E-state index in [1.54, 1.807) is 12.1 Å². The number of benzene rings is 2. The van der Waals surface area contributed by atoms with Crippen molar-refractivity contribution in [1.29, 1.82) is 0 Å². The van der Waals surface area contributed by atoms with Gasteiger partial charge in [-0.1, -0.05) is 37.6 Å². The molecule has 2 heterocycles. The van der Waals surface area contributed by atoms with Crippen LogP contribution in [0.1, 0.15) is 48.1 Å². The maximum absolute atomic E-state index is 12.6. The highest BCUT2D eigenvalue weighted by molar-refractivity contribution is 7.92. The number of carbonyl (C=O) groups excluding carboxylic acids is 1. The molecule has 2 aromatic carbocycles. The summed E-state index contributed by atoms with van der Waals surface area (Å²) in [7, 11) is -3.90. The molecule has 2 aromatic heterocycles. The molecule has 4 aromatic rings. The van der Waals surface area contributed by atoms with Gasteiger partial charge in [0.25, 0.3) is 15.9 Å². The summed E-state index contributed by atoms with van der Waals surface area (Å²) in [4.78, 5) is 12.6. The van der Waals surface area contributed by atoms with Gasteiger partial charge in [-0.15, -0.1) is 10.2 Å². The molecule has 0 fully saturated rings. The Balaban J connectivity index is 1.32. The molecule has 0 saturated carbocycles. The Kier molecular flexibility index (Phi) is 8.10. The van der Waals surface area contributed by atoms with Crippen molar-refractivity contribution < 1.29 is 22.4 Å². The Labute approximate surface area is 219 Å². The molecule has 0 radical (unpaired) electrons. The number of ether oxygens (including phenoxy) is 1. The average molecular weight is 541 g/mol. The number of rotatable bonds is 10. The number of hydrogen-bond donors (Lipinski definition) is 2. The Hall–Kier alpha value is -3.89. The number of aromatic nitrogens is 2. The molecule has 2 N–H and O–H groups in total. The van der Waals surface area contributed by atoms with E-state index in [1.165, 1.54) is 42.0 Å². The smallest absolute Gasteiger partial charge is 0.291 e. The minimum absolute atomic E-state index is 0.0168. The number of carbonyl (C=O) groups is 1. The Morgan fingerprint density at radius 2 is 1.73 bits per heavy atom. The highest BCUT2D eigenvalue weighted by atomic mass is 35.5. The van der Waals surface area contributed by atoms with Gasteiger partial charge in [0.15, 0.2) is 16.7 Å². The van der Waals surface area contributed by atoms with E-state index in [9.17, 15) is 13.2 Å². The van der Waals surface area contributed by atoms with E-state index < -0.39 is 15.9 Å². The van der Waals surface area contributed by atoms with Gasteiger partial charge in [0.2, 0.25) is 0 Å². The van der Waals surface area contributed by atoms with Crippen molar-refractivity contribution in [2.45, 2.75) is 37.7 Å². The van der Waals surface area contributed by atoms with Gasteiger partial charge in [0, 0.05) is 5.69 Å². The summed E-state index contributed by atoms with van der Waals surface area (Å²) in [5.74, 6) is 1.35. The summed E-state index contributed by atoms with van der Waals surface area (Å²) in [6.45, 7) is 4.50. The molecule has 11 heteroatoms. The zero-order chi connectivity index (χ0) is 26.4. The van der Waals surface area contributed by atoms with Gasteiger partial charge in [0.05, 0.1) is 4.90 Å². The molecule has 0 bridgehead atoms. The van der Waals surface area contributed by atoms with Crippen molar-refractivity contribution in [3.05, 3.63) is 95.0 Å². The first-order valence-corrected chi connectivity index (χ1v) is 13.3. The summed E-state index contributed by atoms with van der Waals surface area (Å²) >= 11 is 5.66. The zero-order valence-electron chi connectivity index (χ0n) is 20.1. The molecular formula is C26H25ClN4O5S. The minimum Gasteiger partial charge on any atom is -0.486 e. The van der Waals surface area contributed by atoms with Crippen molar-refractivity contribution in [2.75, 3.05) is 10.0 Å². The van der Waals surface area contributed by atoms with E-state index in [2.05, 4.69) is 34.1 Å². The molecule has 4 rings (SSSR count). The number of halogens is 1. The largest absolute Gasteiger partial charge is 0.486 e. The fraction of sp³-hybridized carbons (Fsp3) is 0.192. The lowest BCUT2D eigenvalue weighted by Gasteiger charge is -2.10. The lowest BCUT2D eigenvalue weighted by atomic mass is 9.99. The van der Waals surface area contributed by atoms with Gasteiger partial charge in [-0.2, -0.15) is 0 Å². The van der Waals surface area contributed by atoms with Crippen LogP contribution < -0.4 is 14.8 Å². The van der Waals surface area contributed by atoms with Crippen LogP contribution in [-0.4, -0.2) is 24.5 Å². The predicted octanol–water partition coefficient (Wildman–Crippen LogP) is 5.87. The second kappa shape index (κ2) is 11.4. The van der Waals surface area contributed by atoms with Crippen LogP contribution in [0.15, 0.2) is 82.1 Å². The molecule has 37 heavy (non-hydrogen) atoms. The number of furan rings is 1. The molecular weight excluding hydrogens is 516 g/mol. The van der Waals surface area contributed by atoms with Crippen LogP contribution in [-0.2, 0) is 16.6 Å². The molecule has 0 aliphatic carbocycles. The monoisotopic (exact) mass is 540 g/mol. The predicted molar refractivity (Wildman–Crippen MR) is 140 cm³/mol. The van der Waals surface area contributed by atoms with Crippen LogP contribution in [0, 0.1) is 0 Å². The highest BCUT2D eigenvalue weighted by Crippen LogP contribution is 2.23. The van der Waals surface area contributed by atoms with Crippen molar-refractivity contribution >= 4 is 39.0 Å². The molecule has 0 aliphatic heterocycles. The zero-order valence-corrected chi connectivity index (χ0v) is 21.7. The summed E-state index contributed by atoms with van der Waals surface area (Å²) in [6, 6.07) is 19.6. The van der Waals surface area contributed by atoms with E-state index in [0.717, 1.165) is 6.42 Å². The SMILES string of the molecule is CCC(C)c1ccc(OCc2ccc(C(=O)Nc3ccc(S(=O)(=O)Nc4ccc(Cl)nn4)cc3)o2)cc1. The number of nitrogens with one attached hydrogen (secondary N) is 2. The third-order valence-corrected chi connectivity index (χ3v) is 7.19. The molecule has 192 valence electrons. The van der Waals surface area contributed by atoms with Crippen molar-refractivity contribution in [3.8, 4) is 5.75 Å². The summed E-state index contributed by atoms with van der Waals surface area (Å²) in [5, 5.41) is 10.1. The Morgan fingerprint density at radius 1 is 1.00 bits per heavy atom. The first kappa shape index (κ1) is 26.2. The molecule has 0 spiro atoms. The van der Waals surface area contributed by atoms with Gasteiger partial charge < -0.3 is 14.5 Å². The standard InChI is InChI=1S/C26H25ClN4O5S/c1-3-17(2)18-4-8-20(9-5-18)35-16-21-10-13-23(36-21)26(32)28-19-6-11-22(12-7-19)37(33,34)31-25-15-14-24(27)29-30-25/h4-15,17H,3,16H2,1-2H3,(H,28,32)(H,30,31). The maximum atomic E-state index is 12.6. The second-order valence-electron chi connectivity index (χ2n) is 8.26. The number of anilines is 2. The number of hydrogen-bond acceptors (Lipinski definition) is 7. The van der Waals surface area contributed by atoms with Crippen molar-refractivity contribution in [1.82, 2.24) is 10.2 Å². The summed E-state index contributed by atoms with van der Waals surface area (Å²) in [5.41, 5.74) is 1.65. The van der Waals surface area contributed by atoms with Gasteiger partial charge in [0.1, 0.15) is 18.1 Å². The summed E-state index contributed by atoms with van der Waals surface area (Å²) < 4.78 is 38.8. The highest BCUT2D eigenvalue weighted by Gasteiger charge is 2.17. The van der Waals surface area contributed by atoms with E-state index in [0.29, 0.717) is 23.1 Å². The average Bonchev–Trinajstić information content (AvgIpc) is 3.38. The van der Waals surface area contributed by atoms with Gasteiger partial charge in [-0.05, 0) is 78.6 Å². The molecule has 1 atom stereocenters. The Morgan fingerprint density at radius 3 is 2.38 bits per heavy atom. The van der Waals surface area contributed by atoms with Crippen LogP contribution in [0.25, 0.3) is 0 Å².